The number of halogens is 3. The van der Waals surface area contributed by atoms with Crippen molar-refractivity contribution in [3.05, 3.63) is 84.2 Å². The Hall–Kier alpha value is -3.20. The standard InChI is InChI=1S/C20H17F3N4OS/c21-20(22,23)15-3-9-18(10-4-15)29-27-17-7-5-16(6-8-17)26-19(28)25-13-14-2-1-11-24-12-14/h1-12,27H,13H2,(H2,25,26,28). The normalized spacial score (nSPS) is 11.0. The van der Waals surface area contributed by atoms with Crippen LogP contribution in [0.4, 0.5) is 29.3 Å². The van der Waals surface area contributed by atoms with Crippen LogP contribution in [0.3, 0.4) is 0 Å². The molecule has 0 fully saturated rings. The van der Waals surface area contributed by atoms with Crippen molar-refractivity contribution in [2.24, 2.45) is 0 Å². The fraction of sp³-hybridized carbons (Fsp3) is 0.100. The van der Waals surface area contributed by atoms with Crippen molar-refractivity contribution in [2.45, 2.75) is 17.6 Å². The summed E-state index contributed by atoms with van der Waals surface area (Å²) in [7, 11) is 0. The van der Waals surface area contributed by atoms with Crippen LogP contribution in [0.5, 0.6) is 0 Å². The molecule has 0 saturated heterocycles. The van der Waals surface area contributed by atoms with Crippen LogP contribution in [0.1, 0.15) is 11.1 Å². The SMILES string of the molecule is O=C(NCc1cccnc1)Nc1ccc(NSc2ccc(C(F)(F)F)cc2)cc1. The Balaban J connectivity index is 1.46. The Bertz CT molecular complexity index is 933. The van der Waals surface area contributed by atoms with Crippen LogP contribution in [0.2, 0.25) is 0 Å². The van der Waals surface area contributed by atoms with Crippen molar-refractivity contribution in [1.82, 2.24) is 10.3 Å². The summed E-state index contributed by atoms with van der Waals surface area (Å²) in [5, 5.41) is 5.46. The molecule has 2 amide bonds. The van der Waals surface area contributed by atoms with E-state index in [1.54, 1.807) is 42.7 Å². The summed E-state index contributed by atoms with van der Waals surface area (Å²) in [6.07, 6.45) is -1.01. The van der Waals surface area contributed by atoms with E-state index in [9.17, 15) is 18.0 Å². The van der Waals surface area contributed by atoms with E-state index in [0.717, 1.165) is 23.4 Å². The molecule has 3 N–H and O–H groups in total. The van der Waals surface area contributed by atoms with E-state index >= 15 is 0 Å². The average molecular weight is 418 g/mol. The van der Waals surface area contributed by atoms with E-state index in [2.05, 4.69) is 20.3 Å². The number of pyridine rings is 1. The largest absolute Gasteiger partial charge is 0.416 e. The highest BCUT2D eigenvalue weighted by atomic mass is 32.2. The fourth-order valence-electron chi connectivity index (χ4n) is 2.31. The summed E-state index contributed by atoms with van der Waals surface area (Å²) in [5.74, 6) is 0. The number of hydrogen-bond donors (Lipinski definition) is 3. The lowest BCUT2D eigenvalue weighted by molar-refractivity contribution is -0.137. The second-order valence-corrected chi connectivity index (χ2v) is 6.85. The van der Waals surface area contributed by atoms with Gasteiger partial charge in [0.15, 0.2) is 0 Å². The van der Waals surface area contributed by atoms with E-state index in [4.69, 9.17) is 0 Å². The quantitative estimate of drug-likeness (QED) is 0.460. The molecule has 3 rings (SSSR count). The zero-order valence-corrected chi connectivity index (χ0v) is 15.8. The first-order valence-corrected chi connectivity index (χ1v) is 9.36. The van der Waals surface area contributed by atoms with Crippen LogP contribution in [-0.4, -0.2) is 11.0 Å². The molecular weight excluding hydrogens is 401 g/mol. The second kappa shape index (κ2) is 9.33. The Morgan fingerprint density at radius 2 is 1.66 bits per heavy atom. The second-order valence-electron chi connectivity index (χ2n) is 5.97. The Labute approximate surface area is 169 Å². The lowest BCUT2D eigenvalue weighted by Gasteiger charge is -2.10. The Kier molecular flexibility index (Phi) is 6.61. The third-order valence-electron chi connectivity index (χ3n) is 3.79. The number of nitrogens with zero attached hydrogens (tertiary/aromatic N) is 1. The average Bonchev–Trinajstić information content (AvgIpc) is 2.72. The monoisotopic (exact) mass is 418 g/mol. The maximum Gasteiger partial charge on any atom is 0.416 e. The van der Waals surface area contributed by atoms with E-state index in [-0.39, 0.29) is 6.03 Å². The number of aromatic nitrogens is 1. The first-order valence-electron chi connectivity index (χ1n) is 8.54. The zero-order valence-electron chi connectivity index (χ0n) is 15.0. The molecule has 150 valence electrons. The fourth-order valence-corrected chi connectivity index (χ4v) is 2.96. The minimum absolute atomic E-state index is 0.339. The molecule has 0 aliphatic heterocycles. The number of anilines is 2. The van der Waals surface area contributed by atoms with E-state index < -0.39 is 11.7 Å². The highest BCUT2D eigenvalue weighted by molar-refractivity contribution is 8.00. The van der Waals surface area contributed by atoms with Crippen molar-refractivity contribution in [3.8, 4) is 0 Å². The van der Waals surface area contributed by atoms with Gasteiger partial charge >= 0.3 is 12.2 Å². The van der Waals surface area contributed by atoms with Gasteiger partial charge in [0.25, 0.3) is 0 Å². The van der Waals surface area contributed by atoms with Gasteiger partial charge in [-0.05, 0) is 72.1 Å². The molecule has 0 saturated carbocycles. The van der Waals surface area contributed by atoms with Crippen LogP contribution in [0.15, 0.2) is 78.0 Å². The van der Waals surface area contributed by atoms with Crippen LogP contribution in [0, 0.1) is 0 Å². The molecule has 0 aliphatic carbocycles. The van der Waals surface area contributed by atoms with Crippen molar-refractivity contribution in [3.63, 3.8) is 0 Å². The number of amides is 2. The lowest BCUT2D eigenvalue weighted by Crippen LogP contribution is -2.28. The number of carbonyl (C=O) groups excluding carboxylic acids is 1. The molecule has 1 heterocycles. The third kappa shape index (κ3) is 6.42. The van der Waals surface area contributed by atoms with E-state index in [0.29, 0.717) is 17.1 Å². The molecule has 9 heteroatoms. The molecule has 0 bridgehead atoms. The molecule has 3 aromatic rings. The first-order chi connectivity index (χ1) is 13.9. The number of alkyl halides is 3. The summed E-state index contributed by atoms with van der Waals surface area (Å²) >= 11 is 1.20. The van der Waals surface area contributed by atoms with Gasteiger partial charge in [-0.15, -0.1) is 0 Å². The first kappa shape index (κ1) is 20.5. The minimum atomic E-state index is -4.34. The van der Waals surface area contributed by atoms with Crippen molar-refractivity contribution >= 4 is 29.4 Å². The predicted molar refractivity (Wildman–Crippen MR) is 107 cm³/mol. The number of benzene rings is 2. The number of rotatable bonds is 6. The lowest BCUT2D eigenvalue weighted by atomic mass is 10.2. The molecule has 0 radical (unpaired) electrons. The molecule has 1 aromatic heterocycles. The summed E-state index contributed by atoms with van der Waals surface area (Å²) in [6, 6.07) is 15.2. The van der Waals surface area contributed by atoms with Crippen molar-refractivity contribution < 1.29 is 18.0 Å². The molecule has 5 nitrogen and oxygen atoms in total. The summed E-state index contributed by atoms with van der Waals surface area (Å²) < 4.78 is 40.8. The molecule has 0 atom stereocenters. The van der Waals surface area contributed by atoms with Gasteiger partial charge in [-0.2, -0.15) is 13.2 Å². The highest BCUT2D eigenvalue weighted by Crippen LogP contribution is 2.31. The molecule has 29 heavy (non-hydrogen) atoms. The van der Waals surface area contributed by atoms with Crippen LogP contribution in [0.25, 0.3) is 0 Å². The van der Waals surface area contributed by atoms with Gasteiger partial charge in [-0.25, -0.2) is 4.79 Å². The van der Waals surface area contributed by atoms with Crippen LogP contribution in [-0.2, 0) is 12.7 Å². The Morgan fingerprint density at radius 1 is 0.966 bits per heavy atom. The van der Waals surface area contributed by atoms with Gasteiger partial charge in [0.1, 0.15) is 0 Å². The topological polar surface area (TPSA) is 66.0 Å². The number of nitrogens with one attached hydrogen (secondary N) is 3. The molecular formula is C20H17F3N4OS. The molecule has 0 unspecified atom stereocenters. The minimum Gasteiger partial charge on any atom is -0.334 e. The summed E-state index contributed by atoms with van der Waals surface area (Å²) in [5.41, 5.74) is 1.57. The van der Waals surface area contributed by atoms with Gasteiger partial charge in [0.2, 0.25) is 0 Å². The van der Waals surface area contributed by atoms with E-state index in [1.165, 1.54) is 24.1 Å². The maximum absolute atomic E-state index is 12.6. The zero-order chi connectivity index (χ0) is 20.7. The smallest absolute Gasteiger partial charge is 0.334 e. The van der Waals surface area contributed by atoms with Crippen molar-refractivity contribution in [1.29, 1.82) is 0 Å². The predicted octanol–water partition coefficient (Wildman–Crippen LogP) is 5.54. The number of carbonyl (C=O) groups is 1. The molecule has 2 aromatic carbocycles. The van der Waals surface area contributed by atoms with Crippen LogP contribution >= 0.6 is 11.9 Å². The van der Waals surface area contributed by atoms with Crippen molar-refractivity contribution in [2.75, 3.05) is 10.0 Å². The Morgan fingerprint density at radius 3 is 2.28 bits per heavy atom. The highest BCUT2D eigenvalue weighted by Gasteiger charge is 2.29. The van der Waals surface area contributed by atoms with Gasteiger partial charge < -0.3 is 15.4 Å². The van der Waals surface area contributed by atoms with Gasteiger partial charge in [-0.3, -0.25) is 4.98 Å². The summed E-state index contributed by atoms with van der Waals surface area (Å²) in [6.45, 7) is 0.364. The van der Waals surface area contributed by atoms with Gasteiger partial charge in [-0.1, -0.05) is 6.07 Å². The number of urea groups is 1. The van der Waals surface area contributed by atoms with Gasteiger partial charge in [0, 0.05) is 35.2 Å². The third-order valence-corrected chi connectivity index (χ3v) is 4.63. The molecule has 0 aliphatic rings. The maximum atomic E-state index is 12.6. The number of hydrogen-bond acceptors (Lipinski definition) is 4. The van der Waals surface area contributed by atoms with Crippen LogP contribution < -0.4 is 15.4 Å². The summed E-state index contributed by atoms with van der Waals surface area (Å²) in [4.78, 5) is 16.6. The molecule has 0 spiro atoms. The van der Waals surface area contributed by atoms with E-state index in [1.807, 2.05) is 6.07 Å². The van der Waals surface area contributed by atoms with Gasteiger partial charge in [0.05, 0.1) is 5.56 Å².